The Morgan fingerprint density at radius 3 is 1.93 bits per heavy atom. The van der Waals surface area contributed by atoms with Crippen LogP contribution < -0.4 is 9.47 Å². The molecule has 2 aromatic rings. The van der Waals surface area contributed by atoms with Gasteiger partial charge in [0.1, 0.15) is 11.2 Å². The number of carbonyl (C=O) groups excluding carboxylic acids is 2. The fraction of sp³-hybridized carbons (Fsp3) is 0.576. The molecule has 0 radical (unpaired) electrons. The highest BCUT2D eigenvalue weighted by Crippen LogP contribution is 2.56. The molecule has 4 aliphatic rings. The minimum absolute atomic E-state index is 0.264. The number of hydrogen-bond acceptors (Lipinski definition) is 9. The summed E-state index contributed by atoms with van der Waals surface area (Å²) >= 11 is 1.50. The van der Waals surface area contributed by atoms with Gasteiger partial charge in [-0.1, -0.05) is 43.8 Å². The number of carbonyl (C=O) groups is 2. The van der Waals surface area contributed by atoms with Crippen LogP contribution in [-0.2, 0) is 34.3 Å². The lowest BCUT2D eigenvalue weighted by Crippen LogP contribution is -2.34. The first-order chi connectivity index (χ1) is 20.4. The molecule has 2 heterocycles. The fourth-order valence-corrected chi connectivity index (χ4v) is 8.11. The van der Waals surface area contributed by atoms with E-state index in [4.69, 9.17) is 28.4 Å². The summed E-state index contributed by atoms with van der Waals surface area (Å²) in [5.41, 5.74) is 0.880. The Bertz CT molecular complexity index is 1310. The third-order valence-corrected chi connectivity index (χ3v) is 10.4. The number of hydrogen-bond donors (Lipinski definition) is 0. The number of esters is 2. The van der Waals surface area contributed by atoms with Gasteiger partial charge in [0, 0.05) is 16.0 Å². The molecule has 2 saturated carbocycles. The fourth-order valence-electron chi connectivity index (χ4n) is 6.87. The molecule has 1 saturated heterocycles. The molecule has 0 unspecified atom stereocenters. The van der Waals surface area contributed by atoms with Gasteiger partial charge in [-0.15, -0.1) is 0 Å². The molecule has 0 bridgehead atoms. The molecule has 2 aliphatic carbocycles. The van der Waals surface area contributed by atoms with Crippen molar-refractivity contribution in [1.82, 2.24) is 0 Å². The standard InChI is InChI=1S/C33H40O8S/c1-3-31(15-7-8-16-31)40-27(34)21-36-25-14-13-24-30(29(25)37-22-28(35)41-32(4-2)17-9-10-18-32)42-26-12-6-5-11-23(26)33(24)38-19-20-39-33/h5-6,11-14H,3-4,7-10,15-22H2,1-2H3. The van der Waals surface area contributed by atoms with Gasteiger partial charge in [-0.3, -0.25) is 0 Å². The maximum atomic E-state index is 13.1. The molecule has 6 rings (SSSR count). The predicted molar refractivity (Wildman–Crippen MR) is 156 cm³/mol. The van der Waals surface area contributed by atoms with Crippen molar-refractivity contribution in [2.45, 2.75) is 105 Å². The van der Waals surface area contributed by atoms with Crippen molar-refractivity contribution in [3.8, 4) is 11.5 Å². The molecule has 3 fully saturated rings. The summed E-state index contributed by atoms with van der Waals surface area (Å²) in [4.78, 5) is 27.7. The first kappa shape index (κ1) is 29.3. The number of benzene rings is 2. The zero-order valence-corrected chi connectivity index (χ0v) is 25.4. The summed E-state index contributed by atoms with van der Waals surface area (Å²) in [5.74, 6) is -1.21. The third kappa shape index (κ3) is 5.51. The second-order valence-electron chi connectivity index (χ2n) is 11.7. The molecule has 2 aromatic carbocycles. The van der Waals surface area contributed by atoms with E-state index in [2.05, 4.69) is 13.8 Å². The van der Waals surface area contributed by atoms with Crippen LogP contribution in [0.5, 0.6) is 11.5 Å². The van der Waals surface area contributed by atoms with Crippen LogP contribution in [0.2, 0.25) is 0 Å². The van der Waals surface area contributed by atoms with Crippen LogP contribution in [-0.4, -0.2) is 49.6 Å². The van der Waals surface area contributed by atoms with Crippen molar-refractivity contribution in [2.75, 3.05) is 26.4 Å². The van der Waals surface area contributed by atoms with Crippen LogP contribution >= 0.6 is 11.8 Å². The maximum absolute atomic E-state index is 13.1. The van der Waals surface area contributed by atoms with Gasteiger partial charge in [-0.25, -0.2) is 9.59 Å². The Hall–Kier alpha value is -2.75. The zero-order chi connectivity index (χ0) is 29.2. The van der Waals surface area contributed by atoms with Crippen LogP contribution in [0, 0.1) is 0 Å². The Morgan fingerprint density at radius 2 is 1.33 bits per heavy atom. The van der Waals surface area contributed by atoms with E-state index in [0.717, 1.165) is 85.1 Å². The highest BCUT2D eigenvalue weighted by atomic mass is 32.2. The normalized spacial score (nSPS) is 21.0. The van der Waals surface area contributed by atoms with E-state index in [9.17, 15) is 9.59 Å². The smallest absolute Gasteiger partial charge is 0.344 e. The van der Waals surface area contributed by atoms with Gasteiger partial charge >= 0.3 is 11.9 Å². The lowest BCUT2D eigenvalue weighted by atomic mass is 9.96. The minimum Gasteiger partial charge on any atom is -0.478 e. The predicted octanol–water partition coefficient (Wildman–Crippen LogP) is 6.69. The molecular weight excluding hydrogens is 556 g/mol. The van der Waals surface area contributed by atoms with Crippen molar-refractivity contribution in [2.24, 2.45) is 0 Å². The molecule has 0 amide bonds. The Balaban J connectivity index is 1.28. The van der Waals surface area contributed by atoms with E-state index in [-0.39, 0.29) is 13.2 Å². The van der Waals surface area contributed by atoms with Crippen LogP contribution in [0.15, 0.2) is 46.2 Å². The maximum Gasteiger partial charge on any atom is 0.344 e. The van der Waals surface area contributed by atoms with Gasteiger partial charge in [0.15, 0.2) is 24.7 Å². The summed E-state index contributed by atoms with van der Waals surface area (Å²) in [6, 6.07) is 11.6. The molecule has 8 nitrogen and oxygen atoms in total. The third-order valence-electron chi connectivity index (χ3n) is 9.24. The molecule has 9 heteroatoms. The molecule has 42 heavy (non-hydrogen) atoms. The quantitative estimate of drug-likeness (QED) is 0.278. The minimum atomic E-state index is -1.08. The van der Waals surface area contributed by atoms with Crippen molar-refractivity contribution < 1.29 is 38.0 Å². The molecule has 1 spiro atoms. The first-order valence-electron chi connectivity index (χ1n) is 15.3. The topological polar surface area (TPSA) is 89.5 Å². The first-order valence-corrected chi connectivity index (χ1v) is 16.2. The van der Waals surface area contributed by atoms with E-state index in [1.165, 1.54) is 11.8 Å². The Morgan fingerprint density at radius 1 is 0.762 bits per heavy atom. The van der Waals surface area contributed by atoms with Gasteiger partial charge in [-0.05, 0) is 82.4 Å². The molecule has 0 atom stereocenters. The summed E-state index contributed by atoms with van der Waals surface area (Å²) in [6.07, 6.45) is 9.29. The van der Waals surface area contributed by atoms with Crippen LogP contribution in [0.1, 0.15) is 89.2 Å². The zero-order valence-electron chi connectivity index (χ0n) is 24.5. The van der Waals surface area contributed by atoms with Crippen molar-refractivity contribution >= 4 is 23.7 Å². The largest absolute Gasteiger partial charge is 0.478 e. The summed E-state index contributed by atoms with van der Waals surface area (Å²) in [5, 5.41) is 0. The average molecular weight is 597 g/mol. The highest BCUT2D eigenvalue weighted by Gasteiger charge is 2.48. The molecule has 2 aliphatic heterocycles. The monoisotopic (exact) mass is 596 g/mol. The molecular formula is C33H40O8S. The summed E-state index contributed by atoms with van der Waals surface area (Å²) in [7, 11) is 0. The van der Waals surface area contributed by atoms with Gasteiger partial charge < -0.3 is 28.4 Å². The molecule has 226 valence electrons. The van der Waals surface area contributed by atoms with Gasteiger partial charge in [0.2, 0.25) is 5.79 Å². The van der Waals surface area contributed by atoms with E-state index in [0.29, 0.717) is 24.7 Å². The van der Waals surface area contributed by atoms with Crippen LogP contribution in [0.3, 0.4) is 0 Å². The van der Waals surface area contributed by atoms with Gasteiger partial charge in [0.05, 0.1) is 18.1 Å². The van der Waals surface area contributed by atoms with Crippen molar-refractivity contribution in [3.63, 3.8) is 0 Å². The number of ether oxygens (including phenoxy) is 6. The second-order valence-corrected chi connectivity index (χ2v) is 12.7. The lowest BCUT2D eigenvalue weighted by Gasteiger charge is -2.36. The average Bonchev–Trinajstić information content (AvgIpc) is 3.78. The number of fused-ring (bicyclic) bond motifs is 4. The lowest BCUT2D eigenvalue weighted by molar-refractivity contribution is -0.163. The van der Waals surface area contributed by atoms with Crippen molar-refractivity contribution in [1.29, 1.82) is 0 Å². The van der Waals surface area contributed by atoms with Crippen molar-refractivity contribution in [3.05, 3.63) is 47.5 Å². The SMILES string of the molecule is CCC1(OC(=O)COc2ccc3c(c2OCC(=O)OC2(CC)CCCC2)Sc2ccccc2C32OCCO2)CCCC1. The van der Waals surface area contributed by atoms with Gasteiger partial charge in [0.25, 0.3) is 0 Å². The van der Waals surface area contributed by atoms with Gasteiger partial charge in [-0.2, -0.15) is 0 Å². The van der Waals surface area contributed by atoms with E-state index in [1.807, 2.05) is 30.3 Å². The van der Waals surface area contributed by atoms with Crippen LogP contribution in [0.25, 0.3) is 0 Å². The number of rotatable bonds is 10. The Labute approximate surface area is 251 Å². The van der Waals surface area contributed by atoms with E-state index in [1.54, 1.807) is 6.07 Å². The summed E-state index contributed by atoms with van der Waals surface area (Å²) in [6.45, 7) is 4.46. The van der Waals surface area contributed by atoms with Crippen LogP contribution in [0.4, 0.5) is 0 Å². The summed E-state index contributed by atoms with van der Waals surface area (Å²) < 4.78 is 36.7. The van der Waals surface area contributed by atoms with E-state index >= 15 is 0 Å². The second kappa shape index (κ2) is 12.1. The Kier molecular flexibility index (Phi) is 8.44. The van der Waals surface area contributed by atoms with E-state index < -0.39 is 28.9 Å². The highest BCUT2D eigenvalue weighted by molar-refractivity contribution is 7.99. The molecule has 0 N–H and O–H groups in total. The molecule has 0 aromatic heterocycles.